The van der Waals surface area contributed by atoms with E-state index < -0.39 is 12.6 Å². The molecule has 0 amide bonds. The molecule has 0 radical (unpaired) electrons. The third-order valence-electron chi connectivity index (χ3n) is 2.66. The monoisotopic (exact) mass is 333 g/mol. The molecule has 0 aliphatic carbocycles. The number of pyridine rings is 2. The summed E-state index contributed by atoms with van der Waals surface area (Å²) in [5, 5.41) is 0. The van der Waals surface area contributed by atoms with Crippen LogP contribution in [0.1, 0.15) is 6.42 Å². The topological polar surface area (TPSA) is 29.0 Å². The molecule has 0 aromatic carbocycles. The van der Waals surface area contributed by atoms with E-state index in [0.717, 1.165) is 4.47 Å². The highest BCUT2D eigenvalue weighted by Crippen LogP contribution is 2.26. The van der Waals surface area contributed by atoms with Gasteiger partial charge in [0.05, 0.1) is 17.6 Å². The van der Waals surface area contributed by atoms with E-state index >= 15 is 0 Å². The lowest BCUT2D eigenvalue weighted by Crippen LogP contribution is -2.24. The first-order valence-corrected chi connectivity index (χ1v) is 6.34. The third-order valence-corrected chi connectivity index (χ3v) is 3.10. The average Bonchev–Trinajstić information content (AvgIpc) is 2.34. The van der Waals surface area contributed by atoms with Crippen molar-refractivity contribution < 1.29 is 13.2 Å². The maximum atomic E-state index is 12.2. The summed E-state index contributed by atoms with van der Waals surface area (Å²) in [4.78, 5) is 9.91. The quantitative estimate of drug-likeness (QED) is 0.855. The van der Waals surface area contributed by atoms with E-state index in [1.54, 1.807) is 36.5 Å². The molecule has 7 heteroatoms. The second-order valence-corrected chi connectivity index (χ2v) is 5.05. The van der Waals surface area contributed by atoms with Gasteiger partial charge in [0.15, 0.2) is 0 Å². The fraction of sp³-hybridized carbons (Fsp3) is 0.333. The Morgan fingerprint density at radius 2 is 2.05 bits per heavy atom. The Bertz CT molecular complexity index is 586. The van der Waals surface area contributed by atoms with E-state index in [-0.39, 0.29) is 6.54 Å². The van der Waals surface area contributed by atoms with Crippen LogP contribution in [0.25, 0.3) is 11.0 Å². The van der Waals surface area contributed by atoms with Crippen molar-refractivity contribution in [3.05, 3.63) is 29.0 Å². The Labute approximate surface area is 116 Å². The van der Waals surface area contributed by atoms with E-state index in [1.807, 2.05) is 0 Å². The smallest absolute Gasteiger partial charge is 0.372 e. The number of alkyl halides is 3. The number of fused-ring (bicyclic) bond motifs is 1. The number of anilines is 1. The van der Waals surface area contributed by atoms with Gasteiger partial charge in [-0.05, 0) is 28.1 Å². The number of halogens is 4. The molecule has 0 N–H and O–H groups in total. The lowest BCUT2D eigenvalue weighted by Gasteiger charge is -2.21. The molecule has 0 aliphatic heterocycles. The first kappa shape index (κ1) is 14.0. The van der Waals surface area contributed by atoms with Gasteiger partial charge in [-0.2, -0.15) is 13.2 Å². The number of nitrogens with zero attached hydrogens (tertiary/aromatic N) is 3. The van der Waals surface area contributed by atoms with Crippen LogP contribution in [0.3, 0.4) is 0 Å². The minimum Gasteiger partial charge on any atom is -0.372 e. The van der Waals surface area contributed by atoms with Crippen LogP contribution in [-0.2, 0) is 0 Å². The zero-order chi connectivity index (χ0) is 14.0. The second kappa shape index (κ2) is 5.32. The molecule has 19 heavy (non-hydrogen) atoms. The van der Waals surface area contributed by atoms with Gasteiger partial charge in [-0.1, -0.05) is 0 Å². The van der Waals surface area contributed by atoms with E-state index in [2.05, 4.69) is 25.9 Å². The van der Waals surface area contributed by atoms with Crippen LogP contribution in [0.2, 0.25) is 0 Å². The molecule has 3 nitrogen and oxygen atoms in total. The lowest BCUT2D eigenvalue weighted by atomic mass is 10.2. The molecule has 0 aliphatic rings. The maximum Gasteiger partial charge on any atom is 0.390 e. The Morgan fingerprint density at radius 3 is 2.74 bits per heavy atom. The molecule has 0 unspecified atom stereocenters. The molecule has 0 spiro atoms. The second-order valence-electron chi connectivity index (χ2n) is 4.14. The average molecular weight is 334 g/mol. The van der Waals surface area contributed by atoms with E-state index in [1.165, 1.54) is 0 Å². The van der Waals surface area contributed by atoms with Crippen LogP contribution in [0.5, 0.6) is 0 Å². The van der Waals surface area contributed by atoms with Crippen LogP contribution >= 0.6 is 15.9 Å². The van der Waals surface area contributed by atoms with E-state index in [9.17, 15) is 13.2 Å². The highest BCUT2D eigenvalue weighted by atomic mass is 79.9. The molecule has 0 bridgehead atoms. The minimum absolute atomic E-state index is 0.111. The van der Waals surface area contributed by atoms with Gasteiger partial charge >= 0.3 is 6.18 Å². The summed E-state index contributed by atoms with van der Waals surface area (Å²) in [5.74, 6) is 0. The van der Waals surface area contributed by atoms with Gasteiger partial charge in [-0.15, -0.1) is 0 Å². The lowest BCUT2D eigenvalue weighted by molar-refractivity contribution is -0.132. The number of rotatable bonds is 3. The number of hydrogen-bond acceptors (Lipinski definition) is 3. The van der Waals surface area contributed by atoms with Gasteiger partial charge in [0.2, 0.25) is 0 Å². The molecule has 2 heterocycles. The van der Waals surface area contributed by atoms with Gasteiger partial charge in [-0.25, -0.2) is 0 Å². The van der Waals surface area contributed by atoms with Gasteiger partial charge in [-0.3, -0.25) is 9.97 Å². The largest absolute Gasteiger partial charge is 0.390 e. The molecule has 2 rings (SSSR count). The molecule has 0 saturated heterocycles. The van der Waals surface area contributed by atoms with Crippen molar-refractivity contribution in [1.82, 2.24) is 9.97 Å². The van der Waals surface area contributed by atoms with Gasteiger partial charge in [0, 0.05) is 30.5 Å². The summed E-state index contributed by atoms with van der Waals surface area (Å²) in [6.45, 7) is -0.111. The first-order valence-electron chi connectivity index (χ1n) is 5.55. The summed E-state index contributed by atoms with van der Waals surface area (Å²) in [7, 11) is 1.62. The van der Waals surface area contributed by atoms with Crippen molar-refractivity contribution in [2.24, 2.45) is 0 Å². The molecular formula is C12H11BrF3N3. The number of hydrogen-bond donors (Lipinski definition) is 0. The van der Waals surface area contributed by atoms with Crippen molar-refractivity contribution in [2.75, 3.05) is 18.5 Å². The zero-order valence-electron chi connectivity index (χ0n) is 10.1. The molecule has 0 fully saturated rings. The van der Waals surface area contributed by atoms with Crippen molar-refractivity contribution in [3.8, 4) is 0 Å². The molecule has 2 aromatic heterocycles. The van der Waals surface area contributed by atoms with E-state index in [0.29, 0.717) is 16.7 Å². The van der Waals surface area contributed by atoms with Gasteiger partial charge in [0.25, 0.3) is 0 Å². The normalized spacial score (nSPS) is 11.8. The van der Waals surface area contributed by atoms with Crippen LogP contribution in [0.15, 0.2) is 29.0 Å². The number of aromatic nitrogens is 2. The standard InChI is InChI=1S/C12H11BrF3N3/c1-19(5-3-12(14,15)16)10-2-4-17-9-6-8(13)7-18-11(9)10/h2,4,6-7H,3,5H2,1H3. The zero-order valence-corrected chi connectivity index (χ0v) is 11.7. The van der Waals surface area contributed by atoms with Crippen molar-refractivity contribution in [2.45, 2.75) is 12.6 Å². The van der Waals surface area contributed by atoms with Crippen LogP contribution in [0, 0.1) is 0 Å². The van der Waals surface area contributed by atoms with Crippen molar-refractivity contribution >= 4 is 32.7 Å². The molecule has 2 aromatic rings. The summed E-state index contributed by atoms with van der Waals surface area (Å²) >= 11 is 3.29. The Kier molecular flexibility index (Phi) is 3.93. The fourth-order valence-corrected chi connectivity index (χ4v) is 2.03. The Morgan fingerprint density at radius 1 is 1.32 bits per heavy atom. The van der Waals surface area contributed by atoms with E-state index in [4.69, 9.17) is 0 Å². The first-order chi connectivity index (χ1) is 8.87. The minimum atomic E-state index is -4.16. The maximum absolute atomic E-state index is 12.2. The Balaban J connectivity index is 2.29. The van der Waals surface area contributed by atoms with Crippen LogP contribution < -0.4 is 4.90 Å². The van der Waals surface area contributed by atoms with Crippen molar-refractivity contribution in [1.29, 1.82) is 0 Å². The van der Waals surface area contributed by atoms with Crippen LogP contribution in [-0.4, -0.2) is 29.7 Å². The molecule has 0 atom stereocenters. The third kappa shape index (κ3) is 3.56. The molecular weight excluding hydrogens is 323 g/mol. The summed E-state index contributed by atoms with van der Waals surface area (Å²) in [6, 6.07) is 3.45. The SMILES string of the molecule is CN(CCC(F)(F)F)c1ccnc2cc(Br)cnc12. The molecule has 102 valence electrons. The van der Waals surface area contributed by atoms with Crippen LogP contribution in [0.4, 0.5) is 18.9 Å². The predicted octanol–water partition coefficient (Wildman–Crippen LogP) is 3.78. The van der Waals surface area contributed by atoms with Crippen molar-refractivity contribution in [3.63, 3.8) is 0 Å². The highest BCUT2D eigenvalue weighted by Gasteiger charge is 2.27. The van der Waals surface area contributed by atoms with Gasteiger partial charge < -0.3 is 4.90 Å². The predicted molar refractivity (Wildman–Crippen MR) is 71.2 cm³/mol. The summed E-state index contributed by atoms with van der Waals surface area (Å²) < 4.78 is 37.5. The summed E-state index contributed by atoms with van der Waals surface area (Å²) in [5.41, 5.74) is 1.88. The highest BCUT2D eigenvalue weighted by molar-refractivity contribution is 9.10. The summed E-state index contributed by atoms with van der Waals surface area (Å²) in [6.07, 6.45) is -1.85. The Hall–Kier alpha value is -1.37. The fourth-order valence-electron chi connectivity index (χ4n) is 1.71. The molecule has 0 saturated carbocycles. The van der Waals surface area contributed by atoms with Gasteiger partial charge in [0.1, 0.15) is 5.52 Å².